The van der Waals surface area contributed by atoms with Crippen LogP contribution in [-0.4, -0.2) is 22.1 Å². The van der Waals surface area contributed by atoms with Gasteiger partial charge in [0.05, 0.1) is 30.9 Å². The van der Waals surface area contributed by atoms with Gasteiger partial charge in [0.25, 0.3) is 0 Å². The minimum atomic E-state index is -0.212. The zero-order chi connectivity index (χ0) is 15.1. The van der Waals surface area contributed by atoms with Gasteiger partial charge >= 0.3 is 5.97 Å². The molecule has 1 aromatic carbocycles. The topological polar surface area (TPSA) is 70.1 Å². The van der Waals surface area contributed by atoms with Crippen LogP contribution >= 0.6 is 0 Å². The third kappa shape index (κ3) is 4.16. The normalized spacial score (nSPS) is 12.1. The van der Waals surface area contributed by atoms with E-state index in [2.05, 4.69) is 4.98 Å². The fraction of sp³-hybridized carbons (Fsp3) is 0.375. The van der Waals surface area contributed by atoms with Crippen molar-refractivity contribution in [3.63, 3.8) is 0 Å². The number of carbonyl (C=O) groups is 1. The maximum Gasteiger partial charge on any atom is 0.305 e. The van der Waals surface area contributed by atoms with Gasteiger partial charge in [0.15, 0.2) is 0 Å². The standard InChI is InChI=1S/C16H21N3O2/c1-2-21-15(20)9-6-10-19-12-18-11-14(19)16(17)13-7-4-3-5-8-13/h3-5,7-8,11-12,16H,2,6,9-10,17H2,1H3. The van der Waals surface area contributed by atoms with Crippen LogP contribution in [0.1, 0.15) is 37.1 Å². The van der Waals surface area contributed by atoms with Crippen molar-refractivity contribution in [2.45, 2.75) is 32.4 Å². The summed E-state index contributed by atoms with van der Waals surface area (Å²) in [4.78, 5) is 15.5. The number of esters is 1. The molecular weight excluding hydrogens is 266 g/mol. The third-order valence-corrected chi connectivity index (χ3v) is 3.31. The van der Waals surface area contributed by atoms with Crippen molar-refractivity contribution < 1.29 is 9.53 Å². The molecule has 2 N–H and O–H groups in total. The fourth-order valence-electron chi connectivity index (χ4n) is 2.23. The second-order valence-corrected chi connectivity index (χ2v) is 4.81. The van der Waals surface area contributed by atoms with E-state index >= 15 is 0 Å². The van der Waals surface area contributed by atoms with Crippen molar-refractivity contribution in [1.82, 2.24) is 9.55 Å². The van der Waals surface area contributed by atoms with E-state index in [4.69, 9.17) is 10.5 Å². The third-order valence-electron chi connectivity index (χ3n) is 3.31. The van der Waals surface area contributed by atoms with Crippen LogP contribution in [0, 0.1) is 0 Å². The van der Waals surface area contributed by atoms with Crippen LogP contribution in [0.4, 0.5) is 0 Å². The van der Waals surface area contributed by atoms with Crippen molar-refractivity contribution >= 4 is 5.97 Å². The first-order valence-corrected chi connectivity index (χ1v) is 7.18. The maximum absolute atomic E-state index is 11.3. The summed E-state index contributed by atoms with van der Waals surface area (Å²) in [7, 11) is 0. The number of nitrogens with two attached hydrogens (primary N) is 1. The Morgan fingerprint density at radius 3 is 2.86 bits per heavy atom. The first-order valence-electron chi connectivity index (χ1n) is 7.18. The molecule has 2 aromatic rings. The summed E-state index contributed by atoms with van der Waals surface area (Å²) in [6.45, 7) is 2.94. The average Bonchev–Trinajstić information content (AvgIpc) is 2.96. The summed E-state index contributed by atoms with van der Waals surface area (Å²) in [6.07, 6.45) is 4.65. The highest BCUT2D eigenvalue weighted by Crippen LogP contribution is 2.19. The first kappa shape index (κ1) is 15.3. The van der Waals surface area contributed by atoms with E-state index in [9.17, 15) is 4.79 Å². The first-order chi connectivity index (χ1) is 10.2. The lowest BCUT2D eigenvalue weighted by atomic mass is 10.1. The van der Waals surface area contributed by atoms with E-state index < -0.39 is 0 Å². The predicted molar refractivity (Wildman–Crippen MR) is 80.6 cm³/mol. The van der Waals surface area contributed by atoms with Gasteiger partial charge in [-0.25, -0.2) is 4.98 Å². The van der Waals surface area contributed by atoms with Crippen LogP contribution in [0.25, 0.3) is 0 Å². The lowest BCUT2D eigenvalue weighted by Gasteiger charge is -2.15. The molecule has 1 heterocycles. The van der Waals surface area contributed by atoms with Gasteiger partial charge in [0.1, 0.15) is 0 Å². The zero-order valence-corrected chi connectivity index (χ0v) is 12.2. The lowest BCUT2D eigenvalue weighted by Crippen LogP contribution is -2.17. The molecule has 0 bridgehead atoms. The maximum atomic E-state index is 11.3. The number of ether oxygens (including phenoxy) is 1. The number of aryl methyl sites for hydroxylation is 1. The number of rotatable bonds is 7. The molecule has 0 saturated heterocycles. The molecule has 1 aromatic heterocycles. The Kier molecular flexibility index (Phi) is 5.51. The van der Waals surface area contributed by atoms with E-state index in [0.29, 0.717) is 26.0 Å². The van der Waals surface area contributed by atoms with Crippen molar-refractivity contribution in [3.05, 3.63) is 54.1 Å². The Balaban J connectivity index is 1.97. The van der Waals surface area contributed by atoms with E-state index in [1.807, 2.05) is 41.8 Å². The molecule has 0 aliphatic carbocycles. The van der Waals surface area contributed by atoms with Gasteiger partial charge in [-0.15, -0.1) is 0 Å². The Labute approximate surface area is 124 Å². The minimum Gasteiger partial charge on any atom is -0.466 e. The molecular formula is C16H21N3O2. The molecule has 0 fully saturated rings. The summed E-state index contributed by atoms with van der Waals surface area (Å²) in [5, 5.41) is 0. The molecule has 0 saturated carbocycles. The Morgan fingerprint density at radius 2 is 2.14 bits per heavy atom. The fourth-order valence-corrected chi connectivity index (χ4v) is 2.23. The summed E-state index contributed by atoms with van der Waals surface area (Å²) < 4.78 is 6.92. The van der Waals surface area contributed by atoms with Gasteiger partial charge in [-0.3, -0.25) is 4.79 Å². The molecule has 5 heteroatoms. The largest absolute Gasteiger partial charge is 0.466 e. The number of aromatic nitrogens is 2. The van der Waals surface area contributed by atoms with Crippen LogP contribution < -0.4 is 5.73 Å². The SMILES string of the molecule is CCOC(=O)CCCn1cncc1C(N)c1ccccc1. The van der Waals surface area contributed by atoms with E-state index in [-0.39, 0.29) is 12.0 Å². The molecule has 0 aliphatic heterocycles. The number of hydrogen-bond acceptors (Lipinski definition) is 4. The van der Waals surface area contributed by atoms with Gasteiger partial charge in [-0.2, -0.15) is 0 Å². The molecule has 0 radical (unpaired) electrons. The van der Waals surface area contributed by atoms with E-state index in [1.165, 1.54) is 0 Å². The molecule has 0 aliphatic rings. The van der Waals surface area contributed by atoms with Crippen LogP contribution in [0.5, 0.6) is 0 Å². The van der Waals surface area contributed by atoms with Gasteiger partial charge in [0.2, 0.25) is 0 Å². The second kappa shape index (κ2) is 7.59. The minimum absolute atomic E-state index is 0.161. The molecule has 2 rings (SSSR count). The molecule has 1 unspecified atom stereocenters. The van der Waals surface area contributed by atoms with Crippen LogP contribution in [-0.2, 0) is 16.1 Å². The predicted octanol–water partition coefficient (Wildman–Crippen LogP) is 2.27. The van der Waals surface area contributed by atoms with Crippen LogP contribution in [0.3, 0.4) is 0 Å². The number of hydrogen-bond donors (Lipinski definition) is 1. The molecule has 112 valence electrons. The van der Waals surface area contributed by atoms with Gasteiger partial charge in [-0.1, -0.05) is 30.3 Å². The number of nitrogens with zero attached hydrogens (tertiary/aromatic N) is 2. The lowest BCUT2D eigenvalue weighted by molar-refractivity contribution is -0.143. The van der Waals surface area contributed by atoms with Gasteiger partial charge < -0.3 is 15.0 Å². The van der Waals surface area contributed by atoms with E-state index in [1.54, 1.807) is 12.5 Å². The van der Waals surface area contributed by atoms with Crippen LogP contribution in [0.15, 0.2) is 42.9 Å². The highest BCUT2D eigenvalue weighted by Gasteiger charge is 2.13. The summed E-state index contributed by atoms with van der Waals surface area (Å²) >= 11 is 0. The quantitative estimate of drug-likeness (QED) is 0.793. The molecule has 21 heavy (non-hydrogen) atoms. The summed E-state index contributed by atoms with van der Waals surface area (Å²) in [5.74, 6) is -0.161. The smallest absolute Gasteiger partial charge is 0.305 e. The summed E-state index contributed by atoms with van der Waals surface area (Å²) in [5.41, 5.74) is 8.28. The molecule has 5 nitrogen and oxygen atoms in total. The number of benzene rings is 1. The number of carbonyl (C=O) groups excluding carboxylic acids is 1. The monoisotopic (exact) mass is 287 g/mol. The highest BCUT2D eigenvalue weighted by molar-refractivity contribution is 5.69. The molecule has 0 spiro atoms. The molecule has 1 atom stereocenters. The highest BCUT2D eigenvalue weighted by atomic mass is 16.5. The zero-order valence-electron chi connectivity index (χ0n) is 12.2. The Hall–Kier alpha value is -2.14. The van der Waals surface area contributed by atoms with Crippen LogP contribution in [0.2, 0.25) is 0 Å². The molecule has 0 amide bonds. The second-order valence-electron chi connectivity index (χ2n) is 4.81. The van der Waals surface area contributed by atoms with Gasteiger partial charge in [-0.05, 0) is 18.9 Å². The number of imidazole rings is 1. The Morgan fingerprint density at radius 1 is 1.38 bits per heavy atom. The van der Waals surface area contributed by atoms with Crippen molar-refractivity contribution in [1.29, 1.82) is 0 Å². The van der Waals surface area contributed by atoms with Crippen molar-refractivity contribution in [2.24, 2.45) is 5.73 Å². The Bertz CT molecular complexity index is 566. The van der Waals surface area contributed by atoms with Crippen molar-refractivity contribution in [3.8, 4) is 0 Å². The average molecular weight is 287 g/mol. The van der Waals surface area contributed by atoms with E-state index in [0.717, 1.165) is 11.3 Å². The summed E-state index contributed by atoms with van der Waals surface area (Å²) in [6, 6.07) is 9.69. The van der Waals surface area contributed by atoms with Crippen molar-refractivity contribution in [2.75, 3.05) is 6.61 Å². The van der Waals surface area contributed by atoms with Gasteiger partial charge in [0, 0.05) is 13.0 Å².